The molecule has 0 saturated carbocycles. The summed E-state index contributed by atoms with van der Waals surface area (Å²) < 4.78 is 9.79. The van der Waals surface area contributed by atoms with Gasteiger partial charge in [0.05, 0.1) is 17.4 Å². The number of methoxy groups -OCH3 is 1. The van der Waals surface area contributed by atoms with E-state index in [0.29, 0.717) is 19.6 Å². The third-order valence-corrected chi connectivity index (χ3v) is 4.55. The molecular weight excluding hydrogens is 332 g/mol. The molecule has 0 spiro atoms. The summed E-state index contributed by atoms with van der Waals surface area (Å²) in [4.78, 5) is 36.3. The van der Waals surface area contributed by atoms with Gasteiger partial charge >= 0.3 is 5.97 Å². The Labute approximate surface area is 144 Å². The number of amides is 2. The van der Waals surface area contributed by atoms with Crippen molar-refractivity contribution in [2.75, 3.05) is 32.2 Å². The number of rotatable bonds is 8. The van der Waals surface area contributed by atoms with Crippen molar-refractivity contribution >= 4 is 35.2 Å². The smallest absolute Gasteiger partial charge is 0.307 e. The Morgan fingerprint density at radius 3 is 2.92 bits per heavy atom. The van der Waals surface area contributed by atoms with E-state index in [9.17, 15) is 14.4 Å². The first-order valence-electron chi connectivity index (χ1n) is 7.58. The molecule has 8 heteroatoms. The third kappa shape index (κ3) is 5.54. The quantitative estimate of drug-likeness (QED) is 0.539. The summed E-state index contributed by atoms with van der Waals surface area (Å²) in [7, 11) is 1.58. The van der Waals surface area contributed by atoms with Crippen LogP contribution in [0.4, 0.5) is 5.69 Å². The Kier molecular flexibility index (Phi) is 7.07. The Balaban J connectivity index is 1.73. The lowest BCUT2D eigenvalue weighted by Gasteiger charge is -2.23. The zero-order valence-electron chi connectivity index (χ0n) is 13.4. The highest BCUT2D eigenvalue weighted by molar-refractivity contribution is 8.01. The number of thioether (sulfide) groups is 1. The van der Waals surface area contributed by atoms with Crippen LogP contribution in [0.1, 0.15) is 12.8 Å². The molecule has 0 aliphatic carbocycles. The van der Waals surface area contributed by atoms with Gasteiger partial charge in [0.2, 0.25) is 5.91 Å². The van der Waals surface area contributed by atoms with Crippen LogP contribution in [-0.4, -0.2) is 49.9 Å². The second-order valence-electron chi connectivity index (χ2n) is 5.15. The van der Waals surface area contributed by atoms with E-state index in [0.717, 1.165) is 10.6 Å². The summed E-state index contributed by atoms with van der Waals surface area (Å²) in [5.41, 5.74) is 0.743. The molecule has 2 rings (SSSR count). The molecule has 1 heterocycles. The van der Waals surface area contributed by atoms with Crippen LogP contribution in [0.3, 0.4) is 0 Å². The van der Waals surface area contributed by atoms with E-state index < -0.39 is 11.2 Å². The van der Waals surface area contributed by atoms with E-state index >= 15 is 0 Å². The Morgan fingerprint density at radius 1 is 1.33 bits per heavy atom. The lowest BCUT2D eigenvalue weighted by atomic mass is 10.2. The van der Waals surface area contributed by atoms with Crippen LogP contribution < -0.4 is 10.6 Å². The van der Waals surface area contributed by atoms with E-state index in [2.05, 4.69) is 10.6 Å². The number of benzene rings is 1. The molecule has 0 bridgehead atoms. The van der Waals surface area contributed by atoms with Crippen LogP contribution in [0.15, 0.2) is 29.2 Å². The van der Waals surface area contributed by atoms with Gasteiger partial charge in [-0.15, -0.1) is 11.8 Å². The van der Waals surface area contributed by atoms with Crippen molar-refractivity contribution in [3.8, 4) is 0 Å². The minimum atomic E-state index is -0.575. The topological polar surface area (TPSA) is 93.7 Å². The lowest BCUT2D eigenvalue weighted by Crippen LogP contribution is -2.33. The van der Waals surface area contributed by atoms with Crippen LogP contribution >= 0.6 is 11.8 Å². The lowest BCUT2D eigenvalue weighted by molar-refractivity contribution is -0.149. The molecule has 1 aliphatic heterocycles. The first kappa shape index (κ1) is 18.3. The summed E-state index contributed by atoms with van der Waals surface area (Å²) in [6.45, 7) is 0.666. The maximum atomic E-state index is 12.0. The van der Waals surface area contributed by atoms with Gasteiger partial charge in [0.1, 0.15) is 0 Å². The van der Waals surface area contributed by atoms with E-state index in [-0.39, 0.29) is 24.8 Å². The van der Waals surface area contributed by atoms with Crippen molar-refractivity contribution in [1.29, 1.82) is 0 Å². The number of hydrogen-bond donors (Lipinski definition) is 2. The Morgan fingerprint density at radius 2 is 2.12 bits per heavy atom. The number of anilines is 1. The van der Waals surface area contributed by atoms with Gasteiger partial charge < -0.3 is 20.1 Å². The van der Waals surface area contributed by atoms with E-state index in [4.69, 9.17) is 9.47 Å². The Hall–Kier alpha value is -2.06. The summed E-state index contributed by atoms with van der Waals surface area (Å²) >= 11 is 1.32. The van der Waals surface area contributed by atoms with Crippen molar-refractivity contribution in [2.45, 2.75) is 23.0 Å². The summed E-state index contributed by atoms with van der Waals surface area (Å²) in [6.07, 6.45) is 0.607. The van der Waals surface area contributed by atoms with Gasteiger partial charge in [-0.05, 0) is 18.6 Å². The molecule has 0 unspecified atom stereocenters. The second-order valence-corrected chi connectivity index (χ2v) is 6.40. The number of hydrogen-bond acceptors (Lipinski definition) is 6. The number of para-hydroxylation sites is 1. The van der Waals surface area contributed by atoms with Gasteiger partial charge in [-0.2, -0.15) is 0 Å². The maximum Gasteiger partial charge on any atom is 0.307 e. The van der Waals surface area contributed by atoms with Gasteiger partial charge in [0.15, 0.2) is 6.61 Å². The number of nitrogens with one attached hydrogen (secondary N) is 2. The molecule has 1 aliphatic rings. The second kappa shape index (κ2) is 9.29. The van der Waals surface area contributed by atoms with Crippen LogP contribution in [0.5, 0.6) is 0 Å². The molecule has 1 aromatic rings. The minimum Gasteiger partial charge on any atom is -0.456 e. The first-order valence-corrected chi connectivity index (χ1v) is 8.46. The highest BCUT2D eigenvalue weighted by atomic mass is 32.2. The molecule has 130 valence electrons. The number of ether oxygens (including phenoxy) is 2. The van der Waals surface area contributed by atoms with E-state index in [1.807, 2.05) is 24.3 Å². The average molecular weight is 352 g/mol. The molecule has 24 heavy (non-hydrogen) atoms. The largest absolute Gasteiger partial charge is 0.456 e. The van der Waals surface area contributed by atoms with Crippen molar-refractivity contribution in [3.05, 3.63) is 24.3 Å². The van der Waals surface area contributed by atoms with Gasteiger partial charge in [0.25, 0.3) is 5.91 Å². The number of carbonyl (C=O) groups is 3. The van der Waals surface area contributed by atoms with Crippen molar-refractivity contribution in [2.24, 2.45) is 0 Å². The summed E-state index contributed by atoms with van der Waals surface area (Å²) in [5.74, 6) is -1.18. The maximum absolute atomic E-state index is 12.0. The summed E-state index contributed by atoms with van der Waals surface area (Å²) in [6, 6.07) is 7.39. The van der Waals surface area contributed by atoms with Crippen LogP contribution in [0, 0.1) is 0 Å². The number of fused-ring (bicyclic) bond motifs is 1. The molecule has 0 saturated heterocycles. The zero-order valence-corrected chi connectivity index (χ0v) is 14.2. The number of carbonyl (C=O) groups excluding carboxylic acids is 3. The van der Waals surface area contributed by atoms with Crippen LogP contribution in [0.2, 0.25) is 0 Å². The molecule has 0 aromatic heterocycles. The average Bonchev–Trinajstić information content (AvgIpc) is 2.57. The van der Waals surface area contributed by atoms with Crippen molar-refractivity contribution < 1.29 is 23.9 Å². The van der Waals surface area contributed by atoms with Crippen LogP contribution in [0.25, 0.3) is 0 Å². The predicted octanol–water partition coefficient (Wildman–Crippen LogP) is 1.19. The van der Waals surface area contributed by atoms with Crippen molar-refractivity contribution in [3.63, 3.8) is 0 Å². The fourth-order valence-electron chi connectivity index (χ4n) is 2.08. The molecule has 2 amide bonds. The van der Waals surface area contributed by atoms with E-state index in [1.165, 1.54) is 11.8 Å². The standard InChI is InChI=1S/C16H20N2O5S/c1-22-8-4-7-17-14(19)10-23-15(20)9-13-16(21)18-11-5-2-3-6-12(11)24-13/h2-3,5-6,13H,4,7-10H2,1H3,(H,17,19)(H,18,21)/t13-/m0/s1. The molecule has 0 radical (unpaired) electrons. The zero-order chi connectivity index (χ0) is 17.4. The van der Waals surface area contributed by atoms with Crippen LogP contribution in [-0.2, 0) is 23.9 Å². The molecule has 7 nitrogen and oxygen atoms in total. The van der Waals surface area contributed by atoms with Crippen molar-refractivity contribution in [1.82, 2.24) is 5.32 Å². The third-order valence-electron chi connectivity index (χ3n) is 3.27. The highest BCUT2D eigenvalue weighted by Crippen LogP contribution is 2.36. The molecular formula is C16H20N2O5S. The normalized spacial score (nSPS) is 16.0. The SMILES string of the molecule is COCCCNC(=O)COC(=O)C[C@@H]1Sc2ccccc2NC1=O. The molecule has 2 N–H and O–H groups in total. The summed E-state index contributed by atoms with van der Waals surface area (Å²) in [5, 5.41) is 4.82. The monoisotopic (exact) mass is 352 g/mol. The first-order chi connectivity index (χ1) is 11.6. The predicted molar refractivity (Wildman–Crippen MR) is 89.8 cm³/mol. The fraction of sp³-hybridized carbons (Fsp3) is 0.438. The minimum absolute atomic E-state index is 0.0816. The fourth-order valence-corrected chi connectivity index (χ4v) is 3.17. The van der Waals surface area contributed by atoms with Gasteiger partial charge in [-0.3, -0.25) is 14.4 Å². The molecule has 1 atom stereocenters. The highest BCUT2D eigenvalue weighted by Gasteiger charge is 2.29. The van der Waals surface area contributed by atoms with E-state index in [1.54, 1.807) is 7.11 Å². The number of esters is 1. The van der Waals surface area contributed by atoms with Gasteiger partial charge in [-0.1, -0.05) is 12.1 Å². The van der Waals surface area contributed by atoms with Gasteiger partial charge in [0, 0.05) is 25.2 Å². The van der Waals surface area contributed by atoms with Gasteiger partial charge in [-0.25, -0.2) is 0 Å². The Bertz CT molecular complexity index is 608. The molecule has 1 aromatic carbocycles. The molecule has 0 fully saturated rings.